The third-order valence-electron chi connectivity index (χ3n) is 3.78. The summed E-state index contributed by atoms with van der Waals surface area (Å²) in [6.07, 6.45) is 4.05. The average Bonchev–Trinajstić information content (AvgIpc) is 2.49. The first-order valence-corrected chi connectivity index (χ1v) is 7.48. The van der Waals surface area contributed by atoms with Crippen LogP contribution in [-0.4, -0.2) is 46.8 Å². The van der Waals surface area contributed by atoms with Crippen LogP contribution in [0.4, 0.5) is 0 Å². The molecule has 0 aromatic heterocycles. The number of carboxylic acid groups (broad SMARTS) is 1. The minimum absolute atomic E-state index is 0.0277. The lowest BCUT2D eigenvalue weighted by Crippen LogP contribution is -2.55. The number of aliphatic hydroxyl groups excluding tert-OH is 1. The van der Waals surface area contributed by atoms with Gasteiger partial charge in [-0.3, -0.25) is 4.79 Å². The van der Waals surface area contributed by atoms with Crippen LogP contribution in [0.1, 0.15) is 39.5 Å². The van der Waals surface area contributed by atoms with E-state index in [2.05, 4.69) is 6.92 Å². The van der Waals surface area contributed by atoms with Crippen LogP contribution >= 0.6 is 0 Å². The number of ketones is 1. The molecule has 7 nitrogen and oxygen atoms in total. The molecule has 0 radical (unpaired) electrons. The van der Waals surface area contributed by atoms with Crippen molar-refractivity contribution in [3.05, 3.63) is 12.3 Å². The molecule has 128 valence electrons. The zero-order valence-electron chi connectivity index (χ0n) is 13.3. The molecule has 6 N–H and O–H groups in total. The van der Waals surface area contributed by atoms with Crippen molar-refractivity contribution in [2.45, 2.75) is 51.1 Å². The number of hydrogen-bond donors (Lipinski definition) is 4. The Balaban J connectivity index is 4.16. The second-order valence-electron chi connectivity index (χ2n) is 5.47. The summed E-state index contributed by atoms with van der Waals surface area (Å²) in [6, 6.07) is -0.0514. The fourth-order valence-electron chi connectivity index (χ4n) is 1.75. The monoisotopic (exact) mass is 316 g/mol. The predicted molar refractivity (Wildman–Crippen MR) is 83.0 cm³/mol. The molecule has 0 spiro atoms. The lowest BCUT2D eigenvalue weighted by Gasteiger charge is -2.21. The van der Waals surface area contributed by atoms with Gasteiger partial charge in [0.05, 0.1) is 6.26 Å². The Morgan fingerprint density at radius 2 is 2.05 bits per heavy atom. The number of carboxylic acids is 1. The maximum absolute atomic E-state index is 11.9. The van der Waals surface area contributed by atoms with E-state index in [0.717, 1.165) is 6.42 Å². The van der Waals surface area contributed by atoms with Crippen molar-refractivity contribution >= 4 is 11.8 Å². The summed E-state index contributed by atoms with van der Waals surface area (Å²) in [5.74, 6) is -1.68. The summed E-state index contributed by atoms with van der Waals surface area (Å²) < 4.78 is 5.28. The van der Waals surface area contributed by atoms with Crippen LogP contribution in [0.2, 0.25) is 0 Å². The summed E-state index contributed by atoms with van der Waals surface area (Å²) in [4.78, 5) is 22.9. The second kappa shape index (κ2) is 10.3. The van der Waals surface area contributed by atoms with Crippen molar-refractivity contribution in [3.8, 4) is 0 Å². The number of hydrogen-bond acceptors (Lipinski definition) is 6. The Morgan fingerprint density at radius 1 is 1.41 bits per heavy atom. The molecule has 1 unspecified atom stereocenters. The van der Waals surface area contributed by atoms with Gasteiger partial charge in [-0.1, -0.05) is 20.3 Å². The zero-order chi connectivity index (χ0) is 17.2. The molecule has 7 heteroatoms. The van der Waals surface area contributed by atoms with Crippen molar-refractivity contribution in [1.29, 1.82) is 0 Å². The summed E-state index contributed by atoms with van der Waals surface area (Å²) in [7, 11) is 0. The molecule has 0 saturated heterocycles. The Kier molecular flexibility index (Phi) is 9.64. The van der Waals surface area contributed by atoms with Gasteiger partial charge in [-0.05, 0) is 18.4 Å². The lowest BCUT2D eigenvalue weighted by atomic mass is 9.89. The Bertz CT molecular complexity index is 386. The number of nitrogens with two attached hydrogens (primary N) is 2. The molecule has 0 heterocycles. The molecule has 0 aromatic rings. The number of aliphatic hydroxyl groups is 1. The van der Waals surface area contributed by atoms with E-state index in [4.69, 9.17) is 26.4 Å². The topological polar surface area (TPSA) is 136 Å². The van der Waals surface area contributed by atoms with Gasteiger partial charge in [0.25, 0.3) is 0 Å². The van der Waals surface area contributed by atoms with Gasteiger partial charge in [0.15, 0.2) is 11.3 Å². The first-order valence-electron chi connectivity index (χ1n) is 7.48. The van der Waals surface area contributed by atoms with Crippen LogP contribution < -0.4 is 11.5 Å². The van der Waals surface area contributed by atoms with Crippen molar-refractivity contribution in [1.82, 2.24) is 0 Å². The van der Waals surface area contributed by atoms with E-state index in [1.54, 1.807) is 6.08 Å². The van der Waals surface area contributed by atoms with E-state index >= 15 is 0 Å². The van der Waals surface area contributed by atoms with Crippen molar-refractivity contribution < 1.29 is 24.5 Å². The van der Waals surface area contributed by atoms with E-state index in [9.17, 15) is 9.59 Å². The van der Waals surface area contributed by atoms with Gasteiger partial charge in [-0.2, -0.15) is 0 Å². The lowest BCUT2D eigenvalue weighted by molar-refractivity contribution is -0.149. The molecule has 0 bridgehead atoms. The van der Waals surface area contributed by atoms with Gasteiger partial charge < -0.3 is 26.4 Å². The molecular formula is C15H28N2O5. The molecule has 0 aromatic carbocycles. The molecule has 0 aliphatic carbocycles. The quantitative estimate of drug-likeness (QED) is 0.302. The van der Waals surface area contributed by atoms with Crippen LogP contribution in [-0.2, 0) is 14.3 Å². The van der Waals surface area contributed by atoms with Crippen LogP contribution in [0.15, 0.2) is 12.3 Å². The largest absolute Gasteiger partial charge is 0.500 e. The van der Waals surface area contributed by atoms with Crippen molar-refractivity contribution in [2.24, 2.45) is 17.4 Å². The van der Waals surface area contributed by atoms with Crippen LogP contribution in [0.5, 0.6) is 0 Å². The number of aliphatic carboxylic acids is 1. The molecule has 0 fully saturated rings. The van der Waals surface area contributed by atoms with Gasteiger partial charge >= 0.3 is 5.97 Å². The fraction of sp³-hybridized carbons (Fsp3) is 0.733. The number of rotatable bonds is 12. The fourth-order valence-corrected chi connectivity index (χ4v) is 1.75. The molecule has 0 saturated carbocycles. The number of Topliss-reactive ketones (excluding diaryl/α,β-unsaturated/α-hetero) is 1. The molecule has 0 aliphatic rings. The maximum atomic E-state index is 11.9. The minimum atomic E-state index is -2.03. The molecule has 0 aliphatic heterocycles. The van der Waals surface area contributed by atoms with E-state index in [1.807, 2.05) is 6.92 Å². The van der Waals surface area contributed by atoms with Crippen molar-refractivity contribution in [3.63, 3.8) is 0 Å². The third-order valence-corrected chi connectivity index (χ3v) is 3.78. The summed E-state index contributed by atoms with van der Waals surface area (Å²) in [5.41, 5.74) is 9.41. The van der Waals surface area contributed by atoms with Gasteiger partial charge in [-0.25, -0.2) is 4.79 Å². The van der Waals surface area contributed by atoms with Crippen LogP contribution in [0, 0.1) is 5.92 Å². The van der Waals surface area contributed by atoms with E-state index in [1.165, 1.54) is 6.26 Å². The normalized spacial score (nSPS) is 17.0. The predicted octanol–water partition coefficient (Wildman–Crippen LogP) is 0.404. The summed E-state index contributed by atoms with van der Waals surface area (Å²) in [6.45, 7) is 4.03. The minimum Gasteiger partial charge on any atom is -0.500 e. The summed E-state index contributed by atoms with van der Waals surface area (Å²) in [5, 5.41) is 17.8. The molecule has 0 rings (SSSR count). The number of allylic oxidation sites excluding steroid dienone is 1. The van der Waals surface area contributed by atoms with Gasteiger partial charge in [0.1, 0.15) is 6.61 Å². The molecule has 22 heavy (non-hydrogen) atoms. The van der Waals surface area contributed by atoms with Crippen molar-refractivity contribution in [2.75, 3.05) is 13.2 Å². The van der Waals surface area contributed by atoms with Crippen LogP contribution in [0.3, 0.4) is 0 Å². The number of carbonyl (C=O) groups is 2. The first kappa shape index (κ1) is 20.6. The third kappa shape index (κ3) is 6.55. The highest BCUT2D eigenvalue weighted by molar-refractivity contribution is 6.07. The molecule has 3 atom stereocenters. The highest BCUT2D eigenvalue weighted by atomic mass is 16.5. The SMILES string of the molecule is CC[C@H](C)C(N)COC=CCCC(=O)[C@@](N)(CCO)C(=O)O. The average molecular weight is 316 g/mol. The number of carbonyl (C=O) groups excluding carboxylic acids is 1. The highest BCUT2D eigenvalue weighted by Crippen LogP contribution is 2.13. The van der Waals surface area contributed by atoms with E-state index in [0.29, 0.717) is 18.9 Å². The highest BCUT2D eigenvalue weighted by Gasteiger charge is 2.40. The Labute approximate surface area is 131 Å². The smallest absolute Gasteiger partial charge is 0.331 e. The summed E-state index contributed by atoms with van der Waals surface area (Å²) >= 11 is 0. The maximum Gasteiger partial charge on any atom is 0.331 e. The van der Waals surface area contributed by atoms with Gasteiger partial charge in [0.2, 0.25) is 0 Å². The van der Waals surface area contributed by atoms with E-state index in [-0.39, 0.29) is 18.9 Å². The Hall–Kier alpha value is -1.44. The van der Waals surface area contributed by atoms with Crippen LogP contribution in [0.25, 0.3) is 0 Å². The standard InChI is InChI=1S/C15H28N2O5/c1-3-11(2)12(16)10-22-9-5-4-6-13(19)15(17,7-8-18)14(20)21/h5,9,11-12,18H,3-4,6-8,10,16-17H2,1-2H3,(H,20,21)/t11-,12?,15-/m0/s1. The first-order chi connectivity index (χ1) is 10.3. The molecule has 0 amide bonds. The van der Waals surface area contributed by atoms with Gasteiger partial charge in [-0.15, -0.1) is 0 Å². The molecular weight excluding hydrogens is 288 g/mol. The second-order valence-corrected chi connectivity index (χ2v) is 5.47. The zero-order valence-corrected chi connectivity index (χ0v) is 13.3. The van der Waals surface area contributed by atoms with Gasteiger partial charge in [0, 0.05) is 25.5 Å². The number of ether oxygens (including phenoxy) is 1. The van der Waals surface area contributed by atoms with E-state index < -0.39 is 23.9 Å². The Morgan fingerprint density at radius 3 is 2.55 bits per heavy atom.